The van der Waals surface area contributed by atoms with Crippen LogP contribution in [0.5, 0.6) is 0 Å². The number of carbonyl (C=O) groups is 1. The van der Waals surface area contributed by atoms with E-state index in [0.29, 0.717) is 30.8 Å². The third kappa shape index (κ3) is 4.88. The van der Waals surface area contributed by atoms with Crippen molar-refractivity contribution < 1.29 is 14.1 Å². The molecule has 0 N–H and O–H groups in total. The molecule has 0 unspecified atom stereocenters. The lowest BCUT2D eigenvalue weighted by Crippen LogP contribution is -2.39. The van der Waals surface area contributed by atoms with Gasteiger partial charge >= 0.3 is 6.09 Å². The lowest BCUT2D eigenvalue weighted by Gasteiger charge is -2.31. The predicted octanol–water partition coefficient (Wildman–Crippen LogP) is 5.39. The summed E-state index contributed by atoms with van der Waals surface area (Å²) in [6, 6.07) is 8.72. The van der Waals surface area contributed by atoms with Crippen LogP contribution in [0.4, 0.5) is 10.6 Å². The molecule has 184 valence electrons. The Morgan fingerprint density at radius 1 is 1.14 bits per heavy atom. The van der Waals surface area contributed by atoms with Crippen molar-refractivity contribution in [2.45, 2.75) is 72.1 Å². The van der Waals surface area contributed by atoms with Crippen LogP contribution in [0, 0.1) is 6.92 Å². The van der Waals surface area contributed by atoms with Gasteiger partial charge in [-0.2, -0.15) is 4.98 Å². The molecule has 0 spiro atoms. The number of pyridine rings is 1. The molecule has 0 saturated carbocycles. The lowest BCUT2D eigenvalue weighted by molar-refractivity contribution is 0.0224. The van der Waals surface area contributed by atoms with Gasteiger partial charge in [0.1, 0.15) is 11.4 Å². The maximum Gasteiger partial charge on any atom is 0.410 e. The molecule has 8 nitrogen and oxygen atoms in total. The van der Waals surface area contributed by atoms with E-state index in [2.05, 4.69) is 41.0 Å². The highest BCUT2D eigenvalue weighted by Crippen LogP contribution is 2.31. The normalized spacial score (nSPS) is 18.0. The van der Waals surface area contributed by atoms with Crippen molar-refractivity contribution >= 4 is 11.9 Å². The number of aromatic nitrogens is 3. The Hall–Kier alpha value is -3.42. The van der Waals surface area contributed by atoms with E-state index in [1.165, 1.54) is 18.4 Å². The first kappa shape index (κ1) is 23.3. The zero-order valence-electron chi connectivity index (χ0n) is 21.2. The SMILES string of the molecule is Cc1cc(-c2nc(-c3ccc4c(c3)CN(C(=O)OC(C)(C)C)CC4)no2)cnc1N1CCC[C@@H]1C. The molecule has 4 heterocycles. The maximum atomic E-state index is 12.5. The second-order valence-corrected chi connectivity index (χ2v) is 10.6. The van der Waals surface area contributed by atoms with Gasteiger partial charge in [0.15, 0.2) is 0 Å². The monoisotopic (exact) mass is 475 g/mol. The van der Waals surface area contributed by atoms with Crippen LogP contribution in [0.1, 0.15) is 57.2 Å². The first-order valence-electron chi connectivity index (χ1n) is 12.4. The van der Waals surface area contributed by atoms with Gasteiger partial charge in [0.25, 0.3) is 5.89 Å². The van der Waals surface area contributed by atoms with E-state index in [-0.39, 0.29) is 6.09 Å². The molecular formula is C27H33N5O3. The van der Waals surface area contributed by atoms with Gasteiger partial charge in [-0.3, -0.25) is 0 Å². The van der Waals surface area contributed by atoms with Gasteiger partial charge in [-0.05, 0) is 82.7 Å². The van der Waals surface area contributed by atoms with Gasteiger partial charge in [-0.15, -0.1) is 0 Å². The van der Waals surface area contributed by atoms with Crippen molar-refractivity contribution in [3.63, 3.8) is 0 Å². The van der Waals surface area contributed by atoms with Crippen molar-refractivity contribution in [1.29, 1.82) is 0 Å². The molecule has 0 aliphatic carbocycles. The van der Waals surface area contributed by atoms with Gasteiger partial charge in [-0.1, -0.05) is 17.3 Å². The fraction of sp³-hybridized carbons (Fsp3) is 0.481. The molecule has 0 radical (unpaired) electrons. The first-order chi connectivity index (χ1) is 16.7. The Balaban J connectivity index is 1.35. The summed E-state index contributed by atoms with van der Waals surface area (Å²) in [6.07, 6.45) is 4.72. The summed E-state index contributed by atoms with van der Waals surface area (Å²) in [5.74, 6) is 2.00. The molecule has 8 heteroatoms. The van der Waals surface area contributed by atoms with E-state index in [0.717, 1.165) is 41.0 Å². The topological polar surface area (TPSA) is 84.6 Å². The Labute approximate surface area is 206 Å². The molecule has 0 bridgehead atoms. The van der Waals surface area contributed by atoms with Gasteiger partial charge < -0.3 is 19.1 Å². The molecule has 1 saturated heterocycles. The number of ether oxygens (including phenoxy) is 1. The third-order valence-electron chi connectivity index (χ3n) is 6.68. The summed E-state index contributed by atoms with van der Waals surface area (Å²) in [4.78, 5) is 26.0. The molecule has 2 aliphatic rings. The van der Waals surface area contributed by atoms with E-state index in [1.54, 1.807) is 4.90 Å². The van der Waals surface area contributed by atoms with E-state index < -0.39 is 5.60 Å². The maximum absolute atomic E-state index is 12.5. The summed E-state index contributed by atoms with van der Waals surface area (Å²) in [7, 11) is 0. The van der Waals surface area contributed by atoms with E-state index in [4.69, 9.17) is 14.2 Å². The van der Waals surface area contributed by atoms with Crippen LogP contribution in [0.25, 0.3) is 22.8 Å². The molecule has 3 aromatic rings. The number of rotatable bonds is 3. The zero-order valence-corrected chi connectivity index (χ0v) is 21.2. The number of aryl methyl sites for hydroxylation is 1. The van der Waals surface area contributed by atoms with Crippen LogP contribution in [-0.2, 0) is 17.7 Å². The van der Waals surface area contributed by atoms with Crippen LogP contribution < -0.4 is 4.90 Å². The molecule has 1 fully saturated rings. The Morgan fingerprint density at radius 2 is 1.97 bits per heavy atom. The molecule has 5 rings (SSSR count). The molecule has 2 aromatic heterocycles. The largest absolute Gasteiger partial charge is 0.444 e. The lowest BCUT2D eigenvalue weighted by atomic mass is 9.97. The minimum Gasteiger partial charge on any atom is -0.444 e. The zero-order chi connectivity index (χ0) is 24.7. The number of anilines is 1. The Bertz CT molecular complexity index is 1250. The fourth-order valence-electron chi connectivity index (χ4n) is 4.87. The predicted molar refractivity (Wildman–Crippen MR) is 134 cm³/mol. The smallest absolute Gasteiger partial charge is 0.410 e. The highest BCUT2D eigenvalue weighted by atomic mass is 16.6. The van der Waals surface area contributed by atoms with Crippen molar-refractivity contribution in [3.05, 3.63) is 47.2 Å². The van der Waals surface area contributed by atoms with Crippen LogP contribution in [0.3, 0.4) is 0 Å². The summed E-state index contributed by atoms with van der Waals surface area (Å²) in [6.45, 7) is 12.2. The Morgan fingerprint density at radius 3 is 2.69 bits per heavy atom. The van der Waals surface area contributed by atoms with Crippen molar-refractivity contribution in [2.24, 2.45) is 0 Å². The van der Waals surface area contributed by atoms with Gasteiger partial charge in [0.05, 0.1) is 5.56 Å². The van der Waals surface area contributed by atoms with E-state index >= 15 is 0 Å². The van der Waals surface area contributed by atoms with Crippen molar-refractivity contribution in [2.75, 3.05) is 18.0 Å². The van der Waals surface area contributed by atoms with Crippen molar-refractivity contribution in [1.82, 2.24) is 20.0 Å². The van der Waals surface area contributed by atoms with Gasteiger partial charge in [0, 0.05) is 37.4 Å². The second-order valence-electron chi connectivity index (χ2n) is 10.6. The quantitative estimate of drug-likeness (QED) is 0.502. The van der Waals surface area contributed by atoms with Crippen LogP contribution >= 0.6 is 0 Å². The number of nitrogens with zero attached hydrogens (tertiary/aromatic N) is 5. The van der Waals surface area contributed by atoms with Gasteiger partial charge in [-0.25, -0.2) is 9.78 Å². The van der Waals surface area contributed by atoms with Crippen LogP contribution in [0.15, 0.2) is 35.0 Å². The summed E-state index contributed by atoms with van der Waals surface area (Å²) >= 11 is 0. The Kier molecular flexibility index (Phi) is 5.99. The van der Waals surface area contributed by atoms with E-state index in [1.807, 2.05) is 39.1 Å². The number of carbonyl (C=O) groups excluding carboxylic acids is 1. The van der Waals surface area contributed by atoms with Crippen LogP contribution in [0.2, 0.25) is 0 Å². The summed E-state index contributed by atoms with van der Waals surface area (Å²) < 4.78 is 11.2. The highest BCUT2D eigenvalue weighted by molar-refractivity contribution is 5.69. The van der Waals surface area contributed by atoms with E-state index in [9.17, 15) is 4.79 Å². The molecule has 1 aromatic carbocycles. The first-order valence-corrected chi connectivity index (χ1v) is 12.4. The second kappa shape index (κ2) is 8.98. The molecule has 35 heavy (non-hydrogen) atoms. The fourth-order valence-corrected chi connectivity index (χ4v) is 4.87. The van der Waals surface area contributed by atoms with Gasteiger partial charge in [0.2, 0.25) is 5.82 Å². The highest BCUT2D eigenvalue weighted by Gasteiger charge is 2.27. The minimum atomic E-state index is -0.515. The number of hydrogen-bond acceptors (Lipinski definition) is 7. The number of amides is 1. The molecular weight excluding hydrogens is 442 g/mol. The third-order valence-corrected chi connectivity index (χ3v) is 6.68. The number of hydrogen-bond donors (Lipinski definition) is 0. The molecule has 2 aliphatic heterocycles. The summed E-state index contributed by atoms with van der Waals surface area (Å²) in [5, 5.41) is 4.23. The van der Waals surface area contributed by atoms with Crippen LogP contribution in [-0.4, -0.2) is 50.9 Å². The average Bonchev–Trinajstić information content (AvgIpc) is 3.47. The number of fused-ring (bicyclic) bond motifs is 1. The minimum absolute atomic E-state index is 0.287. The average molecular weight is 476 g/mol. The molecule has 1 amide bonds. The molecule has 1 atom stereocenters. The standard InChI is InChI=1S/C27H33N5O3/c1-17-13-21(15-28-24(17)32-11-6-7-18(32)2)25-29-23(30-35-25)20-9-8-19-10-12-31(16-22(19)14-20)26(33)34-27(3,4)5/h8-9,13-15,18H,6-7,10-12,16H2,1-5H3/t18-/m0/s1. The number of benzene rings is 1. The van der Waals surface area contributed by atoms with Crippen molar-refractivity contribution in [3.8, 4) is 22.8 Å². The summed E-state index contributed by atoms with van der Waals surface area (Å²) in [5.41, 5.74) is 4.56.